The molecule has 4 rings (SSSR count). The Labute approximate surface area is 158 Å². The van der Waals surface area contributed by atoms with Crippen molar-refractivity contribution in [1.82, 2.24) is 19.9 Å². The number of fused-ring (bicyclic) bond motifs is 1. The summed E-state index contributed by atoms with van der Waals surface area (Å²) in [7, 11) is 1.30. The van der Waals surface area contributed by atoms with Crippen molar-refractivity contribution in [1.29, 1.82) is 0 Å². The summed E-state index contributed by atoms with van der Waals surface area (Å²) in [5.41, 5.74) is -0.0812. The second kappa shape index (κ2) is 6.99. The Morgan fingerprint density at radius 1 is 1.21 bits per heavy atom. The SMILES string of the molecule is Cn1c(=O)[nH]cc(C(=O)NC(c2cccnc2)c2cc3ccccc3o2)c1=O. The van der Waals surface area contributed by atoms with Gasteiger partial charge in [-0.2, -0.15) is 0 Å². The molecule has 0 spiro atoms. The van der Waals surface area contributed by atoms with Gasteiger partial charge in [-0.25, -0.2) is 4.79 Å². The number of H-pyrrole nitrogens is 1. The minimum absolute atomic E-state index is 0.174. The van der Waals surface area contributed by atoms with E-state index in [4.69, 9.17) is 4.42 Å². The van der Waals surface area contributed by atoms with E-state index in [1.54, 1.807) is 24.5 Å². The maximum Gasteiger partial charge on any atom is 0.328 e. The molecule has 0 aliphatic rings. The molecule has 0 radical (unpaired) electrons. The second-order valence-corrected chi connectivity index (χ2v) is 6.25. The monoisotopic (exact) mass is 376 g/mol. The minimum Gasteiger partial charge on any atom is -0.459 e. The van der Waals surface area contributed by atoms with E-state index in [0.717, 1.165) is 16.2 Å². The summed E-state index contributed by atoms with van der Waals surface area (Å²) in [4.78, 5) is 43.1. The van der Waals surface area contributed by atoms with E-state index in [-0.39, 0.29) is 5.56 Å². The van der Waals surface area contributed by atoms with Crippen LogP contribution in [0.1, 0.15) is 27.7 Å². The van der Waals surface area contributed by atoms with Crippen LogP contribution in [0.3, 0.4) is 0 Å². The number of aromatic nitrogens is 3. The molecule has 8 heteroatoms. The number of nitrogens with one attached hydrogen (secondary N) is 2. The third-order valence-electron chi connectivity index (χ3n) is 4.45. The lowest BCUT2D eigenvalue weighted by atomic mass is 10.1. The predicted octanol–water partition coefficient (Wildman–Crippen LogP) is 1.73. The Bertz CT molecular complexity index is 1240. The first kappa shape index (κ1) is 17.5. The number of aromatic amines is 1. The zero-order valence-electron chi connectivity index (χ0n) is 14.9. The summed E-state index contributed by atoms with van der Waals surface area (Å²) in [6.07, 6.45) is 4.35. The van der Waals surface area contributed by atoms with E-state index >= 15 is 0 Å². The fourth-order valence-electron chi connectivity index (χ4n) is 2.95. The summed E-state index contributed by atoms with van der Waals surface area (Å²) in [6.45, 7) is 0. The van der Waals surface area contributed by atoms with Gasteiger partial charge in [0.15, 0.2) is 0 Å². The fraction of sp³-hybridized carbons (Fsp3) is 0.100. The highest BCUT2D eigenvalue weighted by Crippen LogP contribution is 2.28. The largest absolute Gasteiger partial charge is 0.459 e. The van der Waals surface area contributed by atoms with Gasteiger partial charge in [0.25, 0.3) is 11.5 Å². The lowest BCUT2D eigenvalue weighted by Gasteiger charge is -2.16. The van der Waals surface area contributed by atoms with Gasteiger partial charge in [0.1, 0.15) is 22.9 Å². The van der Waals surface area contributed by atoms with Crippen molar-refractivity contribution in [2.75, 3.05) is 0 Å². The molecule has 1 atom stereocenters. The third kappa shape index (κ3) is 3.11. The van der Waals surface area contributed by atoms with Gasteiger partial charge >= 0.3 is 5.69 Å². The van der Waals surface area contributed by atoms with Crippen molar-refractivity contribution in [3.8, 4) is 0 Å². The number of benzene rings is 1. The molecule has 0 saturated carbocycles. The smallest absolute Gasteiger partial charge is 0.328 e. The Kier molecular flexibility index (Phi) is 4.36. The molecule has 1 amide bonds. The fourth-order valence-corrected chi connectivity index (χ4v) is 2.95. The summed E-state index contributed by atoms with van der Waals surface area (Å²) >= 11 is 0. The Morgan fingerprint density at radius 3 is 2.79 bits per heavy atom. The van der Waals surface area contributed by atoms with Gasteiger partial charge in [-0.05, 0) is 18.2 Å². The lowest BCUT2D eigenvalue weighted by Crippen LogP contribution is -2.40. The number of rotatable bonds is 4. The van der Waals surface area contributed by atoms with Crippen LogP contribution in [0.25, 0.3) is 11.0 Å². The maximum atomic E-state index is 12.8. The number of furan rings is 1. The zero-order valence-corrected chi connectivity index (χ0v) is 14.9. The summed E-state index contributed by atoms with van der Waals surface area (Å²) in [5, 5.41) is 3.70. The summed E-state index contributed by atoms with van der Waals surface area (Å²) in [6, 6.07) is 12.2. The molecule has 1 aromatic carbocycles. The number of amides is 1. The van der Waals surface area contributed by atoms with Gasteiger partial charge in [0, 0.05) is 36.6 Å². The number of hydrogen-bond acceptors (Lipinski definition) is 5. The summed E-state index contributed by atoms with van der Waals surface area (Å²) < 4.78 is 6.75. The van der Waals surface area contributed by atoms with E-state index in [0.29, 0.717) is 16.9 Å². The molecule has 3 heterocycles. The van der Waals surface area contributed by atoms with Crippen LogP contribution in [0.2, 0.25) is 0 Å². The first-order chi connectivity index (χ1) is 13.5. The number of hydrogen-bond donors (Lipinski definition) is 2. The summed E-state index contributed by atoms with van der Waals surface area (Å²) in [5.74, 6) is -0.130. The van der Waals surface area contributed by atoms with Crippen LogP contribution < -0.4 is 16.6 Å². The number of pyridine rings is 1. The average Bonchev–Trinajstić information content (AvgIpc) is 3.14. The van der Waals surface area contributed by atoms with Crippen LogP contribution in [0.4, 0.5) is 0 Å². The number of nitrogens with zero attached hydrogens (tertiary/aromatic N) is 2. The van der Waals surface area contributed by atoms with Crippen molar-refractivity contribution < 1.29 is 9.21 Å². The molecule has 2 N–H and O–H groups in total. The second-order valence-electron chi connectivity index (χ2n) is 6.25. The van der Waals surface area contributed by atoms with E-state index in [1.807, 2.05) is 30.3 Å². The molecular weight excluding hydrogens is 360 g/mol. The van der Waals surface area contributed by atoms with Gasteiger partial charge < -0.3 is 14.7 Å². The predicted molar refractivity (Wildman–Crippen MR) is 102 cm³/mol. The molecule has 1 unspecified atom stereocenters. The number of para-hydroxylation sites is 1. The van der Waals surface area contributed by atoms with Crippen molar-refractivity contribution in [3.63, 3.8) is 0 Å². The molecule has 0 bridgehead atoms. The highest BCUT2D eigenvalue weighted by Gasteiger charge is 2.23. The molecule has 28 heavy (non-hydrogen) atoms. The lowest BCUT2D eigenvalue weighted by molar-refractivity contribution is 0.0936. The van der Waals surface area contributed by atoms with Gasteiger partial charge in [0.05, 0.1) is 0 Å². The van der Waals surface area contributed by atoms with Crippen LogP contribution in [-0.4, -0.2) is 20.4 Å². The van der Waals surface area contributed by atoms with Crippen LogP contribution in [0.15, 0.2) is 75.1 Å². The normalized spacial score (nSPS) is 12.0. The first-order valence-corrected chi connectivity index (χ1v) is 8.52. The molecule has 0 fully saturated rings. The van der Waals surface area contributed by atoms with Crippen molar-refractivity contribution in [2.24, 2.45) is 7.05 Å². The third-order valence-corrected chi connectivity index (χ3v) is 4.45. The zero-order chi connectivity index (χ0) is 19.7. The van der Waals surface area contributed by atoms with E-state index in [9.17, 15) is 14.4 Å². The molecule has 0 aliphatic heterocycles. The quantitative estimate of drug-likeness (QED) is 0.564. The molecule has 140 valence electrons. The number of carbonyl (C=O) groups excluding carboxylic acids is 1. The van der Waals surface area contributed by atoms with Gasteiger partial charge in [0.2, 0.25) is 0 Å². The molecule has 8 nitrogen and oxygen atoms in total. The Hall–Kier alpha value is -3.94. The molecule has 3 aromatic heterocycles. The Morgan fingerprint density at radius 2 is 2.04 bits per heavy atom. The van der Waals surface area contributed by atoms with Crippen LogP contribution in [-0.2, 0) is 7.05 Å². The van der Waals surface area contributed by atoms with Crippen LogP contribution >= 0.6 is 0 Å². The highest BCUT2D eigenvalue weighted by molar-refractivity contribution is 5.94. The van der Waals surface area contributed by atoms with E-state index in [2.05, 4.69) is 15.3 Å². The van der Waals surface area contributed by atoms with Gasteiger partial charge in [-0.3, -0.25) is 19.1 Å². The van der Waals surface area contributed by atoms with Crippen LogP contribution in [0.5, 0.6) is 0 Å². The highest BCUT2D eigenvalue weighted by atomic mass is 16.3. The number of carbonyl (C=O) groups is 1. The van der Waals surface area contributed by atoms with Gasteiger partial charge in [-0.15, -0.1) is 0 Å². The average molecular weight is 376 g/mol. The van der Waals surface area contributed by atoms with E-state index in [1.165, 1.54) is 7.05 Å². The van der Waals surface area contributed by atoms with Crippen molar-refractivity contribution in [3.05, 3.63) is 98.8 Å². The van der Waals surface area contributed by atoms with Crippen molar-refractivity contribution >= 4 is 16.9 Å². The molecule has 4 aromatic rings. The minimum atomic E-state index is -0.684. The molecule has 0 saturated heterocycles. The standard InChI is InChI=1S/C20H16N4O4/c1-24-19(26)14(11-22-20(24)27)18(25)23-17(13-6-4-8-21-10-13)16-9-12-5-2-3-7-15(12)28-16/h2-11,17H,1H3,(H,22,27)(H,23,25). The maximum absolute atomic E-state index is 12.8. The molecular formula is C20H16N4O4. The van der Waals surface area contributed by atoms with E-state index < -0.39 is 23.2 Å². The Balaban J connectivity index is 1.76. The van der Waals surface area contributed by atoms with Gasteiger partial charge in [-0.1, -0.05) is 24.3 Å². The topological polar surface area (TPSA) is 110 Å². The molecule has 0 aliphatic carbocycles. The first-order valence-electron chi connectivity index (χ1n) is 8.52. The van der Waals surface area contributed by atoms with Crippen LogP contribution in [0, 0.1) is 0 Å². The van der Waals surface area contributed by atoms with Crippen molar-refractivity contribution in [2.45, 2.75) is 6.04 Å².